The van der Waals surface area contributed by atoms with Crippen LogP contribution in [0.25, 0.3) is 0 Å². The van der Waals surface area contributed by atoms with Gasteiger partial charge >= 0.3 is 0 Å². The molecule has 0 saturated carbocycles. The van der Waals surface area contributed by atoms with Crippen LogP contribution >= 0.6 is 11.6 Å². The fraction of sp³-hybridized carbons (Fsp3) is 0.429. The summed E-state index contributed by atoms with van der Waals surface area (Å²) >= 11 is 5.68. The first-order valence-corrected chi connectivity index (χ1v) is 7.36. The standard InChI is InChI=1S/C14H15ClN4O3/c15-13-7-10(22-18-13)1-2-14(20)19-5-6-21-12(9-19)11-8-16-3-4-17-11/h3-4,7-8,12H,1-2,5-6,9H2/t12-/m0/s1. The molecule has 1 aliphatic rings. The number of aryl methyl sites for hydroxylation is 1. The maximum Gasteiger partial charge on any atom is 0.223 e. The van der Waals surface area contributed by atoms with Gasteiger partial charge in [-0.3, -0.25) is 14.8 Å². The zero-order chi connectivity index (χ0) is 15.4. The Labute approximate surface area is 132 Å². The van der Waals surface area contributed by atoms with Crippen molar-refractivity contribution in [1.29, 1.82) is 0 Å². The number of carbonyl (C=O) groups excluding carboxylic acids is 1. The minimum Gasteiger partial charge on any atom is -0.368 e. The first-order valence-electron chi connectivity index (χ1n) is 6.99. The van der Waals surface area contributed by atoms with Crippen molar-refractivity contribution in [2.75, 3.05) is 19.7 Å². The molecule has 0 aromatic carbocycles. The minimum absolute atomic E-state index is 0.0460. The SMILES string of the molecule is O=C(CCc1cc(Cl)no1)N1CCO[C@H](c2cnccn2)C1. The van der Waals surface area contributed by atoms with Gasteiger partial charge < -0.3 is 14.2 Å². The van der Waals surface area contributed by atoms with E-state index in [0.717, 1.165) is 5.69 Å². The van der Waals surface area contributed by atoms with Crippen LogP contribution in [0.15, 0.2) is 29.2 Å². The van der Waals surface area contributed by atoms with E-state index in [2.05, 4.69) is 15.1 Å². The fourth-order valence-corrected chi connectivity index (χ4v) is 2.48. The molecule has 1 atom stereocenters. The number of hydrogen-bond acceptors (Lipinski definition) is 6. The average molecular weight is 323 g/mol. The number of hydrogen-bond donors (Lipinski definition) is 0. The molecular weight excluding hydrogens is 308 g/mol. The first kappa shape index (κ1) is 14.9. The van der Waals surface area contributed by atoms with E-state index in [1.165, 1.54) is 0 Å². The van der Waals surface area contributed by atoms with Crippen molar-refractivity contribution in [3.63, 3.8) is 0 Å². The summed E-state index contributed by atoms with van der Waals surface area (Å²) in [7, 11) is 0. The molecule has 0 spiro atoms. The van der Waals surface area contributed by atoms with Crippen LogP contribution in [0.5, 0.6) is 0 Å². The summed E-state index contributed by atoms with van der Waals surface area (Å²) in [6.45, 7) is 1.54. The van der Waals surface area contributed by atoms with Crippen molar-refractivity contribution < 1.29 is 14.1 Å². The summed E-state index contributed by atoms with van der Waals surface area (Å²) in [5, 5.41) is 3.89. The van der Waals surface area contributed by atoms with E-state index >= 15 is 0 Å². The molecule has 1 fully saturated rings. The third kappa shape index (κ3) is 3.61. The summed E-state index contributed by atoms with van der Waals surface area (Å²) in [6, 6.07) is 1.62. The van der Waals surface area contributed by atoms with Crippen molar-refractivity contribution in [3.8, 4) is 0 Å². The Bertz CT molecular complexity index is 634. The Kier molecular flexibility index (Phi) is 4.65. The van der Waals surface area contributed by atoms with Gasteiger partial charge in [0.2, 0.25) is 5.91 Å². The first-order chi connectivity index (χ1) is 10.7. The Morgan fingerprint density at radius 2 is 2.36 bits per heavy atom. The predicted molar refractivity (Wildman–Crippen MR) is 77.1 cm³/mol. The summed E-state index contributed by atoms with van der Waals surface area (Å²) in [4.78, 5) is 22.3. The van der Waals surface area contributed by atoms with Crippen LogP contribution in [0.2, 0.25) is 5.15 Å². The molecular formula is C14H15ClN4O3. The Morgan fingerprint density at radius 3 is 3.09 bits per heavy atom. The third-order valence-corrected chi connectivity index (χ3v) is 3.63. The second kappa shape index (κ2) is 6.85. The smallest absolute Gasteiger partial charge is 0.223 e. The van der Waals surface area contributed by atoms with Crippen LogP contribution in [0.3, 0.4) is 0 Å². The molecule has 22 heavy (non-hydrogen) atoms. The Hall–Kier alpha value is -1.99. The minimum atomic E-state index is -0.230. The van der Waals surface area contributed by atoms with Crippen LogP contribution in [-0.4, -0.2) is 45.6 Å². The number of aromatic nitrogens is 3. The molecule has 3 rings (SSSR count). The molecule has 0 unspecified atom stereocenters. The van der Waals surface area contributed by atoms with Gasteiger partial charge in [-0.05, 0) is 0 Å². The van der Waals surface area contributed by atoms with Gasteiger partial charge in [0.25, 0.3) is 0 Å². The highest BCUT2D eigenvalue weighted by molar-refractivity contribution is 6.29. The van der Waals surface area contributed by atoms with Crippen LogP contribution in [-0.2, 0) is 16.0 Å². The Morgan fingerprint density at radius 1 is 1.45 bits per heavy atom. The lowest BCUT2D eigenvalue weighted by molar-refractivity contribution is -0.139. The number of rotatable bonds is 4. The van der Waals surface area contributed by atoms with Crippen LogP contribution in [0.1, 0.15) is 24.0 Å². The highest BCUT2D eigenvalue weighted by Gasteiger charge is 2.26. The topological polar surface area (TPSA) is 81.4 Å². The molecule has 8 heteroatoms. The van der Waals surface area contributed by atoms with Gasteiger partial charge in [-0.15, -0.1) is 0 Å². The molecule has 0 bridgehead atoms. The lowest BCUT2D eigenvalue weighted by Gasteiger charge is -2.32. The second-order valence-corrected chi connectivity index (χ2v) is 5.33. The monoisotopic (exact) mass is 322 g/mol. The van der Waals surface area contributed by atoms with E-state index in [1.54, 1.807) is 29.6 Å². The number of morpholine rings is 1. The van der Waals surface area contributed by atoms with Crippen molar-refractivity contribution >= 4 is 17.5 Å². The lowest BCUT2D eigenvalue weighted by atomic mass is 10.2. The highest BCUT2D eigenvalue weighted by Crippen LogP contribution is 2.20. The number of nitrogens with zero attached hydrogens (tertiary/aromatic N) is 4. The molecule has 2 aromatic rings. The van der Waals surface area contributed by atoms with Crippen LogP contribution in [0, 0.1) is 0 Å². The molecule has 1 aliphatic heterocycles. The van der Waals surface area contributed by atoms with Crippen molar-refractivity contribution in [3.05, 3.63) is 41.3 Å². The molecule has 3 heterocycles. The maximum atomic E-state index is 12.3. The van der Waals surface area contributed by atoms with Crippen molar-refractivity contribution in [2.45, 2.75) is 18.9 Å². The van der Waals surface area contributed by atoms with E-state index < -0.39 is 0 Å². The molecule has 7 nitrogen and oxygen atoms in total. The maximum absolute atomic E-state index is 12.3. The molecule has 1 saturated heterocycles. The summed E-state index contributed by atoms with van der Waals surface area (Å²) < 4.78 is 10.7. The fourth-order valence-electron chi connectivity index (χ4n) is 2.33. The zero-order valence-corrected chi connectivity index (χ0v) is 12.6. The highest BCUT2D eigenvalue weighted by atomic mass is 35.5. The van der Waals surface area contributed by atoms with E-state index in [1.807, 2.05) is 0 Å². The molecule has 1 amide bonds. The van der Waals surface area contributed by atoms with Gasteiger partial charge in [0.05, 0.1) is 25.0 Å². The van der Waals surface area contributed by atoms with Gasteiger partial charge in [0.1, 0.15) is 11.9 Å². The molecule has 0 radical (unpaired) electrons. The summed E-state index contributed by atoms with van der Waals surface area (Å²) in [6.07, 6.45) is 5.48. The molecule has 0 aliphatic carbocycles. The molecule has 0 N–H and O–H groups in total. The van der Waals surface area contributed by atoms with Crippen LogP contribution < -0.4 is 0 Å². The number of ether oxygens (including phenoxy) is 1. The number of carbonyl (C=O) groups is 1. The van der Waals surface area contributed by atoms with Gasteiger partial charge in [-0.1, -0.05) is 16.8 Å². The van der Waals surface area contributed by atoms with Crippen molar-refractivity contribution in [2.24, 2.45) is 0 Å². The van der Waals surface area contributed by atoms with Gasteiger partial charge in [0, 0.05) is 37.8 Å². The number of halogens is 1. The number of amides is 1. The van der Waals surface area contributed by atoms with E-state index in [0.29, 0.717) is 43.5 Å². The third-order valence-electron chi connectivity index (χ3n) is 3.45. The second-order valence-electron chi connectivity index (χ2n) is 4.95. The lowest BCUT2D eigenvalue weighted by Crippen LogP contribution is -2.42. The van der Waals surface area contributed by atoms with Gasteiger partial charge in [-0.2, -0.15) is 0 Å². The summed E-state index contributed by atoms with van der Waals surface area (Å²) in [5.41, 5.74) is 0.738. The largest absolute Gasteiger partial charge is 0.368 e. The van der Waals surface area contributed by atoms with E-state index in [9.17, 15) is 4.79 Å². The average Bonchev–Trinajstić information content (AvgIpc) is 2.99. The van der Waals surface area contributed by atoms with E-state index in [4.69, 9.17) is 20.9 Å². The van der Waals surface area contributed by atoms with Crippen molar-refractivity contribution in [1.82, 2.24) is 20.0 Å². The van der Waals surface area contributed by atoms with E-state index in [-0.39, 0.29) is 12.0 Å². The molecule has 116 valence electrons. The zero-order valence-electron chi connectivity index (χ0n) is 11.8. The predicted octanol–water partition coefficient (Wildman–Crippen LogP) is 1.65. The summed E-state index contributed by atoms with van der Waals surface area (Å²) in [5.74, 6) is 0.654. The Balaban J connectivity index is 1.56. The van der Waals surface area contributed by atoms with Gasteiger partial charge in [-0.25, -0.2) is 0 Å². The van der Waals surface area contributed by atoms with Gasteiger partial charge in [0.15, 0.2) is 5.15 Å². The molecule has 2 aromatic heterocycles. The normalized spacial score (nSPS) is 18.4. The quantitative estimate of drug-likeness (QED) is 0.851. The van der Waals surface area contributed by atoms with Crippen LogP contribution in [0.4, 0.5) is 0 Å².